The molecular formula is C16H12F2N4O2. The van der Waals surface area contributed by atoms with Crippen molar-refractivity contribution in [3.63, 3.8) is 0 Å². The highest BCUT2D eigenvalue weighted by Crippen LogP contribution is 2.20. The first-order valence-corrected chi connectivity index (χ1v) is 7.20. The molecule has 122 valence electrons. The smallest absolute Gasteiger partial charge is 0.254 e. The zero-order chi connectivity index (χ0) is 17.1. The number of nitriles is 1. The molecule has 1 atom stereocenters. The molecule has 0 N–H and O–H groups in total. The van der Waals surface area contributed by atoms with Crippen molar-refractivity contribution in [3.8, 4) is 11.9 Å². The second-order valence-corrected chi connectivity index (χ2v) is 5.23. The van der Waals surface area contributed by atoms with Crippen LogP contribution in [0.4, 0.5) is 8.78 Å². The third-order valence-corrected chi connectivity index (χ3v) is 3.65. The first-order valence-electron chi connectivity index (χ1n) is 7.20. The van der Waals surface area contributed by atoms with Gasteiger partial charge in [-0.3, -0.25) is 4.79 Å². The normalized spacial score (nSPS) is 16.7. The highest BCUT2D eigenvalue weighted by molar-refractivity contribution is 5.94. The second kappa shape index (κ2) is 6.58. The van der Waals surface area contributed by atoms with Crippen molar-refractivity contribution in [3.05, 3.63) is 53.5 Å². The van der Waals surface area contributed by atoms with Crippen molar-refractivity contribution < 1.29 is 18.3 Å². The summed E-state index contributed by atoms with van der Waals surface area (Å²) in [5.41, 5.74) is 0.148. The number of carbonyl (C=O) groups is 1. The number of benzene rings is 1. The van der Waals surface area contributed by atoms with Gasteiger partial charge in [0.25, 0.3) is 11.8 Å². The molecule has 1 saturated heterocycles. The van der Waals surface area contributed by atoms with Crippen LogP contribution in [0.1, 0.15) is 22.5 Å². The average molecular weight is 330 g/mol. The number of hydrogen-bond acceptors (Lipinski definition) is 5. The number of nitrogens with zero attached hydrogens (tertiary/aromatic N) is 4. The molecule has 2 heterocycles. The standard InChI is InChI=1S/C16H12F2N4O2/c17-12-2-1-10(7-13(12)18)16(23)22-6-3-11(9-22)24-15-14(8-19)20-4-5-21-15/h1-2,4-5,7,11H,3,6,9H2. The molecule has 0 aliphatic carbocycles. The van der Waals surface area contributed by atoms with Crippen LogP contribution in [0, 0.1) is 23.0 Å². The second-order valence-electron chi connectivity index (χ2n) is 5.23. The van der Waals surface area contributed by atoms with Gasteiger partial charge in [0.2, 0.25) is 5.69 Å². The van der Waals surface area contributed by atoms with Gasteiger partial charge in [0.15, 0.2) is 11.6 Å². The molecule has 2 aromatic rings. The van der Waals surface area contributed by atoms with Crippen molar-refractivity contribution in [2.45, 2.75) is 12.5 Å². The van der Waals surface area contributed by atoms with Gasteiger partial charge in [0, 0.05) is 30.9 Å². The average Bonchev–Trinajstić information content (AvgIpc) is 3.05. The van der Waals surface area contributed by atoms with E-state index in [2.05, 4.69) is 9.97 Å². The summed E-state index contributed by atoms with van der Waals surface area (Å²) in [5.74, 6) is -2.35. The molecule has 1 unspecified atom stereocenters. The largest absolute Gasteiger partial charge is 0.470 e. The van der Waals surface area contributed by atoms with E-state index in [9.17, 15) is 13.6 Å². The lowest BCUT2D eigenvalue weighted by molar-refractivity contribution is 0.0770. The minimum absolute atomic E-state index is 0.0721. The maximum absolute atomic E-state index is 13.3. The highest BCUT2D eigenvalue weighted by atomic mass is 19.2. The fourth-order valence-electron chi connectivity index (χ4n) is 2.47. The molecule has 0 radical (unpaired) electrons. The molecular weight excluding hydrogens is 318 g/mol. The van der Waals surface area contributed by atoms with Crippen LogP contribution in [0.2, 0.25) is 0 Å². The molecule has 1 aromatic carbocycles. The number of aromatic nitrogens is 2. The summed E-state index contributed by atoms with van der Waals surface area (Å²) in [6, 6.07) is 4.93. The van der Waals surface area contributed by atoms with Crippen molar-refractivity contribution in [2.24, 2.45) is 0 Å². The maximum atomic E-state index is 13.3. The fourth-order valence-corrected chi connectivity index (χ4v) is 2.47. The Labute approximate surface area is 136 Å². The summed E-state index contributed by atoms with van der Waals surface area (Å²) >= 11 is 0. The molecule has 8 heteroatoms. The molecule has 0 saturated carbocycles. The van der Waals surface area contributed by atoms with Crippen LogP contribution in [0.3, 0.4) is 0 Å². The molecule has 1 aliphatic heterocycles. The lowest BCUT2D eigenvalue weighted by Crippen LogP contribution is -2.31. The number of carbonyl (C=O) groups excluding carboxylic acids is 1. The van der Waals surface area contributed by atoms with E-state index in [-0.39, 0.29) is 29.8 Å². The van der Waals surface area contributed by atoms with Crippen LogP contribution in [0.15, 0.2) is 30.6 Å². The Hall–Kier alpha value is -3.08. The number of hydrogen-bond donors (Lipinski definition) is 0. The van der Waals surface area contributed by atoms with Crippen LogP contribution in [0.25, 0.3) is 0 Å². The Morgan fingerprint density at radius 1 is 1.29 bits per heavy atom. The van der Waals surface area contributed by atoms with E-state index in [0.717, 1.165) is 12.1 Å². The van der Waals surface area contributed by atoms with E-state index in [0.29, 0.717) is 13.0 Å². The third-order valence-electron chi connectivity index (χ3n) is 3.65. The number of amides is 1. The monoisotopic (exact) mass is 330 g/mol. The van der Waals surface area contributed by atoms with Crippen molar-refractivity contribution in [2.75, 3.05) is 13.1 Å². The van der Waals surface area contributed by atoms with Gasteiger partial charge in [-0.15, -0.1) is 0 Å². The van der Waals surface area contributed by atoms with E-state index in [4.69, 9.17) is 10.00 Å². The van der Waals surface area contributed by atoms with E-state index < -0.39 is 17.5 Å². The third kappa shape index (κ3) is 3.15. The minimum Gasteiger partial charge on any atom is -0.470 e. The van der Waals surface area contributed by atoms with Crippen LogP contribution < -0.4 is 4.74 Å². The first kappa shape index (κ1) is 15.8. The number of ether oxygens (including phenoxy) is 1. The van der Waals surface area contributed by atoms with E-state index in [1.165, 1.54) is 23.4 Å². The topological polar surface area (TPSA) is 79.1 Å². The van der Waals surface area contributed by atoms with Gasteiger partial charge in [0.05, 0.1) is 6.54 Å². The molecule has 1 fully saturated rings. The number of rotatable bonds is 3. The van der Waals surface area contributed by atoms with E-state index in [1.54, 1.807) is 0 Å². The van der Waals surface area contributed by atoms with Gasteiger partial charge < -0.3 is 9.64 Å². The molecule has 6 nitrogen and oxygen atoms in total. The Morgan fingerprint density at radius 3 is 2.83 bits per heavy atom. The van der Waals surface area contributed by atoms with Crippen LogP contribution in [-0.2, 0) is 0 Å². The van der Waals surface area contributed by atoms with Crippen molar-refractivity contribution in [1.82, 2.24) is 14.9 Å². The maximum Gasteiger partial charge on any atom is 0.254 e. The highest BCUT2D eigenvalue weighted by Gasteiger charge is 2.29. The van der Waals surface area contributed by atoms with E-state index >= 15 is 0 Å². The summed E-state index contributed by atoms with van der Waals surface area (Å²) in [6.45, 7) is 0.671. The van der Waals surface area contributed by atoms with Gasteiger partial charge in [-0.25, -0.2) is 18.7 Å². The molecule has 24 heavy (non-hydrogen) atoms. The molecule has 0 bridgehead atoms. The van der Waals surface area contributed by atoms with Gasteiger partial charge in [-0.2, -0.15) is 5.26 Å². The van der Waals surface area contributed by atoms with Gasteiger partial charge in [-0.1, -0.05) is 0 Å². The van der Waals surface area contributed by atoms with Crippen LogP contribution >= 0.6 is 0 Å². The SMILES string of the molecule is N#Cc1nccnc1OC1CCN(C(=O)c2ccc(F)c(F)c2)C1. The predicted octanol–water partition coefficient (Wildman–Crippen LogP) is 1.92. The Bertz CT molecular complexity index is 822. The Balaban J connectivity index is 1.68. The Morgan fingerprint density at radius 2 is 2.08 bits per heavy atom. The quantitative estimate of drug-likeness (QED) is 0.859. The lowest BCUT2D eigenvalue weighted by Gasteiger charge is -2.17. The summed E-state index contributed by atoms with van der Waals surface area (Å²) in [5, 5.41) is 8.97. The summed E-state index contributed by atoms with van der Waals surface area (Å²) < 4.78 is 31.8. The van der Waals surface area contributed by atoms with Crippen molar-refractivity contribution in [1.29, 1.82) is 5.26 Å². The fraction of sp³-hybridized carbons (Fsp3) is 0.250. The number of halogens is 2. The van der Waals surface area contributed by atoms with Crippen molar-refractivity contribution >= 4 is 5.91 Å². The lowest BCUT2D eigenvalue weighted by atomic mass is 10.2. The summed E-state index contributed by atoms with van der Waals surface area (Å²) in [6.07, 6.45) is 2.99. The van der Waals surface area contributed by atoms with Crippen LogP contribution in [-0.4, -0.2) is 40.0 Å². The van der Waals surface area contributed by atoms with Crippen LogP contribution in [0.5, 0.6) is 5.88 Å². The summed E-state index contributed by atoms with van der Waals surface area (Å²) in [4.78, 5) is 21.6. The Kier molecular flexibility index (Phi) is 4.33. The molecule has 0 spiro atoms. The van der Waals surface area contributed by atoms with Gasteiger partial charge in [-0.05, 0) is 18.2 Å². The molecule has 1 aromatic heterocycles. The first-order chi connectivity index (χ1) is 11.6. The zero-order valence-electron chi connectivity index (χ0n) is 12.4. The molecule has 1 aliphatic rings. The predicted molar refractivity (Wildman–Crippen MR) is 78.0 cm³/mol. The minimum atomic E-state index is -1.06. The van der Waals surface area contributed by atoms with Gasteiger partial charge in [0.1, 0.15) is 12.2 Å². The zero-order valence-corrected chi connectivity index (χ0v) is 12.4. The molecule has 1 amide bonds. The summed E-state index contributed by atoms with van der Waals surface area (Å²) in [7, 11) is 0. The van der Waals surface area contributed by atoms with Gasteiger partial charge >= 0.3 is 0 Å². The molecule has 3 rings (SSSR count). The van der Waals surface area contributed by atoms with E-state index in [1.807, 2.05) is 6.07 Å². The number of likely N-dealkylation sites (tertiary alicyclic amines) is 1.